The molecular formula is C18H16ClN3O3. The molecule has 128 valence electrons. The summed E-state index contributed by atoms with van der Waals surface area (Å²) in [6, 6.07) is 7.76. The topological polar surface area (TPSA) is 71.4 Å². The molecule has 6 nitrogen and oxygen atoms in total. The molecule has 0 radical (unpaired) electrons. The fraction of sp³-hybridized carbons (Fsp3) is 0.167. The number of nitrogens with one attached hydrogen (secondary N) is 1. The van der Waals surface area contributed by atoms with Gasteiger partial charge >= 0.3 is 6.03 Å². The zero-order valence-corrected chi connectivity index (χ0v) is 14.5. The highest BCUT2D eigenvalue weighted by atomic mass is 35.5. The monoisotopic (exact) mass is 357 g/mol. The Morgan fingerprint density at radius 1 is 1.16 bits per heavy atom. The summed E-state index contributed by atoms with van der Waals surface area (Å²) < 4.78 is 1.89. The Morgan fingerprint density at radius 2 is 1.92 bits per heavy atom. The molecule has 2 aromatic rings. The highest BCUT2D eigenvalue weighted by Crippen LogP contribution is 2.29. The number of hydrogen-bond donors (Lipinski definition) is 1. The third kappa shape index (κ3) is 2.96. The molecule has 0 saturated carbocycles. The molecule has 0 bridgehead atoms. The second-order valence-corrected chi connectivity index (χ2v) is 5.97. The Kier molecular flexibility index (Phi) is 4.46. The number of halogens is 1. The predicted molar refractivity (Wildman–Crippen MR) is 95.3 cm³/mol. The normalized spacial score (nSPS) is 16.5. The van der Waals surface area contributed by atoms with Crippen LogP contribution in [0.4, 0.5) is 10.5 Å². The van der Waals surface area contributed by atoms with Crippen LogP contribution in [-0.4, -0.2) is 22.4 Å². The van der Waals surface area contributed by atoms with Gasteiger partial charge in [-0.05, 0) is 49.8 Å². The summed E-state index contributed by atoms with van der Waals surface area (Å²) in [5.41, 5.74) is 1.53. The maximum Gasteiger partial charge on any atom is 0.335 e. The van der Waals surface area contributed by atoms with Gasteiger partial charge in [-0.3, -0.25) is 14.9 Å². The van der Waals surface area contributed by atoms with E-state index in [1.54, 1.807) is 31.2 Å². The second-order valence-electron chi connectivity index (χ2n) is 5.56. The molecule has 4 amide bonds. The van der Waals surface area contributed by atoms with E-state index in [4.69, 9.17) is 11.6 Å². The number of barbiturate groups is 1. The molecule has 0 atom stereocenters. The average Bonchev–Trinajstić information content (AvgIpc) is 3.02. The SMILES string of the molecule is CCn1cccc1/C=C1\C(=O)NC(=O)N(c2cccc(Cl)c2C)C1=O. The summed E-state index contributed by atoms with van der Waals surface area (Å²) in [7, 11) is 0. The Hall–Kier alpha value is -2.86. The van der Waals surface area contributed by atoms with Crippen molar-refractivity contribution in [3.8, 4) is 0 Å². The summed E-state index contributed by atoms with van der Waals surface area (Å²) >= 11 is 6.09. The molecular weight excluding hydrogens is 342 g/mol. The van der Waals surface area contributed by atoms with E-state index >= 15 is 0 Å². The third-order valence-electron chi connectivity index (χ3n) is 4.08. The van der Waals surface area contributed by atoms with Crippen molar-refractivity contribution in [1.82, 2.24) is 9.88 Å². The molecule has 1 aromatic carbocycles. The first kappa shape index (κ1) is 17.0. The van der Waals surface area contributed by atoms with E-state index < -0.39 is 17.8 Å². The summed E-state index contributed by atoms with van der Waals surface area (Å²) in [6.07, 6.45) is 3.34. The summed E-state index contributed by atoms with van der Waals surface area (Å²) in [6.45, 7) is 4.36. The first-order valence-corrected chi connectivity index (χ1v) is 8.13. The molecule has 7 heteroatoms. The first-order valence-electron chi connectivity index (χ1n) is 7.75. The largest absolute Gasteiger partial charge is 0.348 e. The molecule has 1 aromatic heterocycles. The van der Waals surface area contributed by atoms with Gasteiger partial charge in [-0.2, -0.15) is 0 Å². The Labute approximate surface area is 149 Å². The van der Waals surface area contributed by atoms with Crippen molar-refractivity contribution in [2.75, 3.05) is 4.90 Å². The number of amides is 4. The second kappa shape index (κ2) is 6.57. The smallest absolute Gasteiger partial charge is 0.335 e. The summed E-state index contributed by atoms with van der Waals surface area (Å²) in [4.78, 5) is 38.2. The maximum atomic E-state index is 12.9. The Morgan fingerprint density at radius 3 is 2.64 bits per heavy atom. The minimum atomic E-state index is -0.789. The van der Waals surface area contributed by atoms with E-state index in [9.17, 15) is 14.4 Å². The fourth-order valence-electron chi connectivity index (χ4n) is 2.71. The number of carbonyl (C=O) groups is 3. The minimum Gasteiger partial charge on any atom is -0.348 e. The molecule has 3 rings (SSSR count). The summed E-state index contributed by atoms with van der Waals surface area (Å²) in [5, 5.41) is 2.64. The van der Waals surface area contributed by atoms with Gasteiger partial charge in [-0.1, -0.05) is 17.7 Å². The third-order valence-corrected chi connectivity index (χ3v) is 4.49. The molecule has 0 spiro atoms. The molecule has 1 fully saturated rings. The van der Waals surface area contributed by atoms with Crippen molar-refractivity contribution in [1.29, 1.82) is 0 Å². The van der Waals surface area contributed by atoms with Gasteiger partial charge in [0.15, 0.2) is 0 Å². The number of hydrogen-bond acceptors (Lipinski definition) is 3. The van der Waals surface area contributed by atoms with Gasteiger partial charge in [-0.25, -0.2) is 9.69 Å². The molecule has 1 saturated heterocycles. The van der Waals surface area contributed by atoms with Crippen LogP contribution in [0.1, 0.15) is 18.2 Å². The lowest BCUT2D eigenvalue weighted by atomic mass is 10.1. The molecule has 2 heterocycles. The number of nitrogens with zero attached hydrogens (tertiary/aromatic N) is 2. The molecule has 1 N–H and O–H groups in total. The van der Waals surface area contributed by atoms with Crippen molar-refractivity contribution in [3.05, 3.63) is 58.4 Å². The van der Waals surface area contributed by atoms with E-state index in [2.05, 4.69) is 5.32 Å². The zero-order chi connectivity index (χ0) is 18.1. The average molecular weight is 358 g/mol. The number of benzene rings is 1. The van der Waals surface area contributed by atoms with Crippen molar-refractivity contribution >= 4 is 41.2 Å². The lowest BCUT2D eigenvalue weighted by Crippen LogP contribution is -2.54. The van der Waals surface area contributed by atoms with Crippen LogP contribution in [0.25, 0.3) is 6.08 Å². The van der Waals surface area contributed by atoms with Crippen LogP contribution < -0.4 is 10.2 Å². The number of carbonyl (C=O) groups excluding carboxylic acids is 3. The van der Waals surface area contributed by atoms with Gasteiger partial charge in [0.2, 0.25) is 0 Å². The number of rotatable bonds is 3. The lowest BCUT2D eigenvalue weighted by molar-refractivity contribution is -0.122. The Bertz CT molecular complexity index is 914. The van der Waals surface area contributed by atoms with Gasteiger partial charge in [0.25, 0.3) is 11.8 Å². The highest BCUT2D eigenvalue weighted by molar-refractivity contribution is 6.39. The van der Waals surface area contributed by atoms with E-state index in [0.717, 1.165) is 4.90 Å². The van der Waals surface area contributed by atoms with E-state index in [0.29, 0.717) is 28.5 Å². The van der Waals surface area contributed by atoms with Gasteiger partial charge in [0.05, 0.1) is 5.69 Å². The van der Waals surface area contributed by atoms with Crippen LogP contribution in [0.5, 0.6) is 0 Å². The number of imide groups is 2. The Balaban J connectivity index is 2.07. The maximum absolute atomic E-state index is 12.9. The van der Waals surface area contributed by atoms with Crippen LogP contribution in [0.2, 0.25) is 5.02 Å². The molecule has 25 heavy (non-hydrogen) atoms. The van der Waals surface area contributed by atoms with Crippen LogP contribution in [0.3, 0.4) is 0 Å². The van der Waals surface area contributed by atoms with Crippen LogP contribution in [-0.2, 0) is 16.1 Å². The predicted octanol–water partition coefficient (Wildman–Crippen LogP) is 3.14. The number of aromatic nitrogens is 1. The molecule has 1 aliphatic heterocycles. The van der Waals surface area contributed by atoms with Crippen molar-refractivity contribution in [2.45, 2.75) is 20.4 Å². The standard InChI is InChI=1S/C18H16ClN3O3/c1-3-21-9-5-6-12(21)10-13-16(23)20-18(25)22(17(13)24)15-8-4-7-14(19)11(15)2/h4-10H,3H2,1-2H3,(H,20,23,25)/b13-10+. The van der Waals surface area contributed by atoms with Crippen molar-refractivity contribution in [2.24, 2.45) is 0 Å². The highest BCUT2D eigenvalue weighted by Gasteiger charge is 2.37. The quantitative estimate of drug-likeness (QED) is 0.677. The minimum absolute atomic E-state index is 0.104. The van der Waals surface area contributed by atoms with Gasteiger partial charge in [0, 0.05) is 23.5 Å². The molecule has 0 aliphatic carbocycles. The van der Waals surface area contributed by atoms with Crippen LogP contribution >= 0.6 is 11.6 Å². The molecule has 0 unspecified atom stereocenters. The van der Waals surface area contributed by atoms with Crippen LogP contribution in [0.15, 0.2) is 42.1 Å². The van der Waals surface area contributed by atoms with E-state index in [1.165, 1.54) is 6.08 Å². The van der Waals surface area contributed by atoms with Crippen LogP contribution in [0, 0.1) is 6.92 Å². The van der Waals surface area contributed by atoms with Gasteiger partial charge in [-0.15, -0.1) is 0 Å². The summed E-state index contributed by atoms with van der Waals surface area (Å²) in [5.74, 6) is -1.39. The number of anilines is 1. The fourth-order valence-corrected chi connectivity index (χ4v) is 2.88. The molecule has 1 aliphatic rings. The van der Waals surface area contributed by atoms with Crippen molar-refractivity contribution < 1.29 is 14.4 Å². The number of aryl methyl sites for hydroxylation is 1. The lowest BCUT2D eigenvalue weighted by Gasteiger charge is -2.27. The first-order chi connectivity index (χ1) is 11.9. The van der Waals surface area contributed by atoms with Crippen molar-refractivity contribution in [3.63, 3.8) is 0 Å². The number of urea groups is 1. The van der Waals surface area contributed by atoms with E-state index in [-0.39, 0.29) is 5.57 Å². The zero-order valence-electron chi connectivity index (χ0n) is 13.7. The van der Waals surface area contributed by atoms with Gasteiger partial charge in [0.1, 0.15) is 5.57 Å². The van der Waals surface area contributed by atoms with E-state index in [1.807, 2.05) is 23.8 Å². The van der Waals surface area contributed by atoms with Gasteiger partial charge < -0.3 is 4.57 Å².